The first-order chi connectivity index (χ1) is 14.4. The second kappa shape index (κ2) is 10.7. The number of rotatable bonds is 12. The van der Waals surface area contributed by atoms with Gasteiger partial charge < -0.3 is 14.2 Å². The fourth-order valence-electron chi connectivity index (χ4n) is 4.83. The molecular formula is C21H32F6O4. The minimum Gasteiger partial charge on any atom is -0.465 e. The summed E-state index contributed by atoms with van der Waals surface area (Å²) in [5.74, 6) is 0.730. The van der Waals surface area contributed by atoms with Gasteiger partial charge in [-0.15, -0.1) is 0 Å². The summed E-state index contributed by atoms with van der Waals surface area (Å²) in [5, 5.41) is 0. The summed E-state index contributed by atoms with van der Waals surface area (Å²) in [7, 11) is 0. The minimum atomic E-state index is -5.63. The van der Waals surface area contributed by atoms with Crippen LogP contribution in [0, 0.1) is 17.8 Å². The van der Waals surface area contributed by atoms with Crippen LogP contribution in [0.15, 0.2) is 0 Å². The molecule has 31 heavy (non-hydrogen) atoms. The van der Waals surface area contributed by atoms with E-state index >= 15 is 0 Å². The molecular weight excluding hydrogens is 430 g/mol. The highest BCUT2D eigenvalue weighted by atomic mass is 19.4. The predicted octanol–water partition coefficient (Wildman–Crippen LogP) is 6.18. The molecule has 0 aromatic carbocycles. The van der Waals surface area contributed by atoms with Gasteiger partial charge in [0.25, 0.3) is 5.60 Å². The van der Waals surface area contributed by atoms with Gasteiger partial charge in [-0.1, -0.05) is 19.3 Å². The molecule has 4 atom stereocenters. The molecule has 2 bridgehead atoms. The Hall–Kier alpha value is -1.03. The Morgan fingerprint density at radius 1 is 0.968 bits per heavy atom. The lowest BCUT2D eigenvalue weighted by atomic mass is 9.89. The first-order valence-corrected chi connectivity index (χ1v) is 11.0. The monoisotopic (exact) mass is 462 g/mol. The molecule has 4 nitrogen and oxygen atoms in total. The van der Waals surface area contributed by atoms with Crippen LogP contribution in [0.25, 0.3) is 0 Å². The van der Waals surface area contributed by atoms with Gasteiger partial charge in [0.2, 0.25) is 0 Å². The summed E-state index contributed by atoms with van der Waals surface area (Å²) >= 11 is 0. The Balaban J connectivity index is 1.76. The second-order valence-corrected chi connectivity index (χ2v) is 8.58. The SMILES string of the molecule is CCOC(C)OC(CCCCCCOC(=O)C1CC2CCC1C2)(C(F)(F)F)C(F)(F)F. The van der Waals surface area contributed by atoms with E-state index in [1.165, 1.54) is 13.3 Å². The standard InChI is InChI=1S/C21H32F6O4/c1-3-29-14(2)31-19(20(22,23)24,21(25,26)27)10-6-4-5-7-11-30-18(28)17-13-15-8-9-16(17)12-15/h14-17H,3-13H2,1-2H3. The van der Waals surface area contributed by atoms with Crippen molar-refractivity contribution in [3.8, 4) is 0 Å². The lowest BCUT2D eigenvalue weighted by molar-refractivity contribution is -0.408. The fraction of sp³-hybridized carbons (Fsp3) is 0.952. The molecule has 2 aliphatic carbocycles. The summed E-state index contributed by atoms with van der Waals surface area (Å²) < 4.78 is 95.1. The summed E-state index contributed by atoms with van der Waals surface area (Å²) in [6.07, 6.45) is -9.46. The van der Waals surface area contributed by atoms with E-state index in [0.29, 0.717) is 24.7 Å². The zero-order chi connectivity index (χ0) is 23.3. The molecule has 4 unspecified atom stereocenters. The van der Waals surface area contributed by atoms with Crippen molar-refractivity contribution in [1.29, 1.82) is 0 Å². The molecule has 0 N–H and O–H groups in total. The van der Waals surface area contributed by atoms with Crippen LogP contribution < -0.4 is 0 Å². The normalized spacial score (nSPS) is 25.1. The Morgan fingerprint density at radius 3 is 2.13 bits per heavy atom. The largest absolute Gasteiger partial charge is 0.465 e. The third kappa shape index (κ3) is 6.49. The molecule has 0 radical (unpaired) electrons. The van der Waals surface area contributed by atoms with Crippen molar-refractivity contribution in [2.24, 2.45) is 17.8 Å². The van der Waals surface area contributed by atoms with Crippen molar-refractivity contribution in [3.05, 3.63) is 0 Å². The molecule has 2 fully saturated rings. The first kappa shape index (κ1) is 26.2. The van der Waals surface area contributed by atoms with Gasteiger partial charge in [0.05, 0.1) is 12.5 Å². The highest BCUT2D eigenvalue weighted by Crippen LogP contribution is 2.50. The first-order valence-electron chi connectivity index (χ1n) is 11.0. The summed E-state index contributed by atoms with van der Waals surface area (Å²) in [5.41, 5.74) is -4.27. The molecule has 0 heterocycles. The van der Waals surface area contributed by atoms with Gasteiger partial charge in [-0.05, 0) is 64.2 Å². The molecule has 182 valence electrons. The van der Waals surface area contributed by atoms with E-state index in [1.54, 1.807) is 0 Å². The van der Waals surface area contributed by atoms with E-state index in [4.69, 9.17) is 9.47 Å². The Bertz CT molecular complexity index is 563. The molecule has 0 aromatic rings. The van der Waals surface area contributed by atoms with Crippen LogP contribution in [0.5, 0.6) is 0 Å². The average molecular weight is 462 g/mol. The topological polar surface area (TPSA) is 44.8 Å². The van der Waals surface area contributed by atoms with Crippen LogP contribution in [0.3, 0.4) is 0 Å². The smallest absolute Gasteiger partial charge is 0.426 e. The maximum absolute atomic E-state index is 13.4. The summed E-state index contributed by atoms with van der Waals surface area (Å²) in [6, 6.07) is 0. The highest BCUT2D eigenvalue weighted by molar-refractivity contribution is 5.73. The van der Waals surface area contributed by atoms with Crippen LogP contribution in [0.1, 0.15) is 71.6 Å². The maximum atomic E-state index is 13.4. The Labute approximate surface area is 179 Å². The Kier molecular flexibility index (Phi) is 9.07. The predicted molar refractivity (Wildman–Crippen MR) is 100.0 cm³/mol. The molecule has 0 aliphatic heterocycles. The molecule has 10 heteroatoms. The van der Waals surface area contributed by atoms with Crippen molar-refractivity contribution in [2.75, 3.05) is 13.2 Å². The summed E-state index contributed by atoms with van der Waals surface area (Å²) in [4.78, 5) is 12.1. The number of carbonyl (C=O) groups is 1. The molecule has 0 saturated heterocycles. The molecule has 2 rings (SSSR count). The van der Waals surface area contributed by atoms with Gasteiger partial charge >= 0.3 is 18.3 Å². The molecule has 2 aliphatic rings. The van der Waals surface area contributed by atoms with Crippen molar-refractivity contribution in [2.45, 2.75) is 95.9 Å². The third-order valence-electron chi connectivity index (χ3n) is 6.39. The molecule has 0 amide bonds. The number of hydrogen-bond donors (Lipinski definition) is 0. The van der Waals surface area contributed by atoms with Crippen LogP contribution in [0.2, 0.25) is 0 Å². The number of unbranched alkanes of at least 4 members (excludes halogenated alkanes) is 3. The molecule has 2 saturated carbocycles. The second-order valence-electron chi connectivity index (χ2n) is 8.58. The van der Waals surface area contributed by atoms with E-state index in [-0.39, 0.29) is 37.9 Å². The number of hydrogen-bond acceptors (Lipinski definition) is 4. The number of ether oxygens (including phenoxy) is 3. The van der Waals surface area contributed by atoms with Crippen LogP contribution in [-0.2, 0) is 19.0 Å². The quantitative estimate of drug-likeness (QED) is 0.150. The minimum absolute atomic E-state index is 0.0533. The maximum Gasteiger partial charge on any atom is 0.426 e. The third-order valence-corrected chi connectivity index (χ3v) is 6.39. The van der Waals surface area contributed by atoms with E-state index < -0.39 is 30.7 Å². The van der Waals surface area contributed by atoms with E-state index in [2.05, 4.69) is 4.74 Å². The van der Waals surface area contributed by atoms with E-state index in [0.717, 1.165) is 26.2 Å². The van der Waals surface area contributed by atoms with Crippen molar-refractivity contribution in [1.82, 2.24) is 0 Å². The fourth-order valence-corrected chi connectivity index (χ4v) is 4.83. The van der Waals surface area contributed by atoms with Gasteiger partial charge in [-0.2, -0.15) is 26.3 Å². The van der Waals surface area contributed by atoms with E-state index in [1.807, 2.05) is 0 Å². The number of alkyl halides is 6. The number of fused-ring (bicyclic) bond motifs is 2. The summed E-state index contributed by atoms with van der Waals surface area (Å²) in [6.45, 7) is 2.52. The zero-order valence-corrected chi connectivity index (χ0v) is 18.0. The van der Waals surface area contributed by atoms with Gasteiger partial charge in [-0.25, -0.2) is 0 Å². The lowest BCUT2D eigenvalue weighted by Gasteiger charge is -2.38. The Morgan fingerprint density at radius 2 is 1.61 bits per heavy atom. The lowest BCUT2D eigenvalue weighted by Crippen LogP contribution is -2.60. The average Bonchev–Trinajstić information content (AvgIpc) is 3.27. The zero-order valence-electron chi connectivity index (χ0n) is 18.0. The molecule has 0 aromatic heterocycles. The van der Waals surface area contributed by atoms with Crippen LogP contribution >= 0.6 is 0 Å². The highest BCUT2D eigenvalue weighted by Gasteiger charge is 2.72. The van der Waals surface area contributed by atoms with Gasteiger partial charge in [0, 0.05) is 6.61 Å². The van der Waals surface area contributed by atoms with Crippen molar-refractivity contribution in [3.63, 3.8) is 0 Å². The van der Waals surface area contributed by atoms with Crippen molar-refractivity contribution >= 4 is 5.97 Å². The van der Waals surface area contributed by atoms with Crippen LogP contribution in [0.4, 0.5) is 26.3 Å². The number of esters is 1. The number of halogens is 6. The van der Waals surface area contributed by atoms with Crippen molar-refractivity contribution < 1.29 is 45.3 Å². The van der Waals surface area contributed by atoms with E-state index in [9.17, 15) is 31.1 Å². The van der Waals surface area contributed by atoms with Gasteiger partial charge in [-0.3, -0.25) is 4.79 Å². The van der Waals surface area contributed by atoms with Crippen LogP contribution in [-0.4, -0.2) is 43.4 Å². The van der Waals surface area contributed by atoms with Gasteiger partial charge in [0.15, 0.2) is 6.29 Å². The molecule has 0 spiro atoms. The number of carbonyl (C=O) groups excluding carboxylic acids is 1. The van der Waals surface area contributed by atoms with Gasteiger partial charge in [0.1, 0.15) is 0 Å².